The number of nitrogen functional groups attached to an aromatic ring is 1. The third-order valence-corrected chi connectivity index (χ3v) is 3.53. The molecule has 1 saturated heterocycles. The molecule has 0 aromatic heterocycles. The van der Waals surface area contributed by atoms with Crippen molar-refractivity contribution in [2.45, 2.75) is 20.3 Å². The van der Waals surface area contributed by atoms with E-state index in [0.717, 1.165) is 29.8 Å². The Morgan fingerprint density at radius 1 is 1.22 bits per heavy atom. The van der Waals surface area contributed by atoms with Gasteiger partial charge in [0.05, 0.1) is 5.69 Å². The van der Waals surface area contributed by atoms with Gasteiger partial charge in [0, 0.05) is 19.6 Å². The van der Waals surface area contributed by atoms with Gasteiger partial charge < -0.3 is 10.5 Å². The van der Waals surface area contributed by atoms with Crippen LogP contribution in [0.25, 0.3) is 0 Å². The van der Waals surface area contributed by atoms with Gasteiger partial charge in [0.2, 0.25) is 0 Å². The zero-order valence-corrected chi connectivity index (χ0v) is 11.4. The third kappa shape index (κ3) is 3.64. The van der Waals surface area contributed by atoms with Gasteiger partial charge in [0.25, 0.3) is 0 Å². The molecule has 1 aromatic rings. The van der Waals surface area contributed by atoms with Crippen LogP contribution in [0.15, 0.2) is 24.3 Å². The van der Waals surface area contributed by atoms with Crippen LogP contribution in [0.4, 0.5) is 5.69 Å². The lowest BCUT2D eigenvalue weighted by Crippen LogP contribution is -2.40. The van der Waals surface area contributed by atoms with Gasteiger partial charge in [-0.2, -0.15) is 0 Å². The first-order valence-corrected chi connectivity index (χ1v) is 6.85. The standard InChI is InChI=1S/C15H24N2O/c1-12-9-13(2)11-17(10-12)7-8-18-15-6-4-3-5-14(15)16/h3-6,12-13H,7-11,16H2,1-2H3/t12-,13+. The zero-order chi connectivity index (χ0) is 13.0. The molecule has 0 unspecified atom stereocenters. The SMILES string of the molecule is C[C@@H]1C[C@H](C)CN(CCOc2ccccc2N)C1. The summed E-state index contributed by atoms with van der Waals surface area (Å²) in [4.78, 5) is 2.50. The molecule has 0 aliphatic carbocycles. The van der Waals surface area contributed by atoms with Crippen LogP contribution < -0.4 is 10.5 Å². The van der Waals surface area contributed by atoms with E-state index >= 15 is 0 Å². The van der Waals surface area contributed by atoms with E-state index < -0.39 is 0 Å². The summed E-state index contributed by atoms with van der Waals surface area (Å²) in [6, 6.07) is 7.68. The lowest BCUT2D eigenvalue weighted by Gasteiger charge is -2.34. The van der Waals surface area contributed by atoms with E-state index in [-0.39, 0.29) is 0 Å². The van der Waals surface area contributed by atoms with Crippen LogP contribution in [0.1, 0.15) is 20.3 Å². The molecule has 0 amide bonds. The van der Waals surface area contributed by atoms with Crippen molar-refractivity contribution in [2.24, 2.45) is 11.8 Å². The van der Waals surface area contributed by atoms with Crippen molar-refractivity contribution in [3.8, 4) is 5.75 Å². The fraction of sp³-hybridized carbons (Fsp3) is 0.600. The molecule has 1 aliphatic rings. The highest BCUT2D eigenvalue weighted by Gasteiger charge is 2.21. The Kier molecular flexibility index (Phi) is 4.48. The fourth-order valence-corrected chi connectivity index (χ4v) is 2.87. The highest BCUT2D eigenvalue weighted by atomic mass is 16.5. The number of ether oxygens (including phenoxy) is 1. The maximum Gasteiger partial charge on any atom is 0.142 e. The van der Waals surface area contributed by atoms with Gasteiger partial charge in [-0.3, -0.25) is 4.90 Å². The molecular formula is C15H24N2O. The molecule has 3 nitrogen and oxygen atoms in total. The molecule has 0 radical (unpaired) electrons. The van der Waals surface area contributed by atoms with Crippen LogP contribution in [-0.2, 0) is 0 Å². The molecule has 2 N–H and O–H groups in total. The topological polar surface area (TPSA) is 38.5 Å². The number of benzene rings is 1. The van der Waals surface area contributed by atoms with Crippen molar-refractivity contribution < 1.29 is 4.74 Å². The van der Waals surface area contributed by atoms with E-state index in [1.165, 1.54) is 19.5 Å². The molecule has 2 atom stereocenters. The number of piperidine rings is 1. The molecule has 0 saturated carbocycles. The summed E-state index contributed by atoms with van der Waals surface area (Å²) in [5, 5.41) is 0. The Morgan fingerprint density at radius 3 is 2.56 bits per heavy atom. The number of nitrogens with two attached hydrogens (primary N) is 1. The summed E-state index contributed by atoms with van der Waals surface area (Å²) in [6.07, 6.45) is 1.35. The van der Waals surface area contributed by atoms with E-state index in [9.17, 15) is 0 Å². The van der Waals surface area contributed by atoms with Crippen molar-refractivity contribution >= 4 is 5.69 Å². The second-order valence-electron chi connectivity index (χ2n) is 5.59. The molecular weight excluding hydrogens is 224 g/mol. The number of anilines is 1. The number of para-hydroxylation sites is 2. The van der Waals surface area contributed by atoms with Crippen LogP contribution in [-0.4, -0.2) is 31.1 Å². The Balaban J connectivity index is 1.77. The van der Waals surface area contributed by atoms with E-state index in [0.29, 0.717) is 6.61 Å². The van der Waals surface area contributed by atoms with Gasteiger partial charge in [-0.25, -0.2) is 0 Å². The highest BCUT2D eigenvalue weighted by molar-refractivity contribution is 5.51. The summed E-state index contributed by atoms with van der Waals surface area (Å²) in [5.41, 5.74) is 6.57. The second-order valence-corrected chi connectivity index (χ2v) is 5.59. The van der Waals surface area contributed by atoms with Crippen molar-refractivity contribution in [1.29, 1.82) is 0 Å². The summed E-state index contributed by atoms with van der Waals surface area (Å²) in [7, 11) is 0. The monoisotopic (exact) mass is 248 g/mol. The summed E-state index contributed by atoms with van der Waals surface area (Å²) in [5.74, 6) is 2.40. The predicted octanol–water partition coefficient (Wildman–Crippen LogP) is 2.63. The summed E-state index contributed by atoms with van der Waals surface area (Å²) in [6.45, 7) is 8.75. The first-order valence-electron chi connectivity index (χ1n) is 6.85. The Hall–Kier alpha value is -1.22. The lowest BCUT2D eigenvalue weighted by atomic mass is 9.92. The molecule has 100 valence electrons. The number of rotatable bonds is 4. The van der Waals surface area contributed by atoms with Crippen molar-refractivity contribution in [3.63, 3.8) is 0 Å². The molecule has 1 aromatic carbocycles. The lowest BCUT2D eigenvalue weighted by molar-refractivity contribution is 0.121. The summed E-state index contributed by atoms with van der Waals surface area (Å²) >= 11 is 0. The van der Waals surface area contributed by atoms with Gasteiger partial charge in [-0.15, -0.1) is 0 Å². The van der Waals surface area contributed by atoms with Crippen molar-refractivity contribution in [1.82, 2.24) is 4.90 Å². The smallest absolute Gasteiger partial charge is 0.142 e. The van der Waals surface area contributed by atoms with Gasteiger partial charge >= 0.3 is 0 Å². The van der Waals surface area contributed by atoms with E-state index in [1.807, 2.05) is 24.3 Å². The minimum absolute atomic E-state index is 0.716. The number of likely N-dealkylation sites (tertiary alicyclic amines) is 1. The van der Waals surface area contributed by atoms with Crippen LogP contribution in [0, 0.1) is 11.8 Å². The number of hydrogen-bond donors (Lipinski definition) is 1. The first-order chi connectivity index (χ1) is 8.65. The van der Waals surface area contributed by atoms with Crippen molar-refractivity contribution in [2.75, 3.05) is 32.0 Å². The third-order valence-electron chi connectivity index (χ3n) is 3.53. The fourth-order valence-electron chi connectivity index (χ4n) is 2.87. The maximum absolute atomic E-state index is 5.85. The van der Waals surface area contributed by atoms with Crippen LogP contribution >= 0.6 is 0 Å². The van der Waals surface area contributed by atoms with E-state index in [4.69, 9.17) is 10.5 Å². The maximum atomic E-state index is 5.85. The van der Waals surface area contributed by atoms with Crippen LogP contribution in [0.3, 0.4) is 0 Å². The molecule has 1 fully saturated rings. The van der Waals surface area contributed by atoms with Gasteiger partial charge in [0.1, 0.15) is 12.4 Å². The zero-order valence-electron chi connectivity index (χ0n) is 11.4. The number of nitrogens with zero attached hydrogens (tertiary/aromatic N) is 1. The average Bonchev–Trinajstić information content (AvgIpc) is 2.30. The average molecular weight is 248 g/mol. The van der Waals surface area contributed by atoms with E-state index in [1.54, 1.807) is 0 Å². The first kappa shape index (κ1) is 13.2. The van der Waals surface area contributed by atoms with Gasteiger partial charge in [-0.1, -0.05) is 26.0 Å². The minimum atomic E-state index is 0.716. The molecule has 3 heteroatoms. The van der Waals surface area contributed by atoms with Crippen LogP contribution in [0.2, 0.25) is 0 Å². The normalized spacial score (nSPS) is 25.0. The Bertz CT molecular complexity index is 371. The number of hydrogen-bond acceptors (Lipinski definition) is 3. The predicted molar refractivity (Wildman–Crippen MR) is 75.7 cm³/mol. The van der Waals surface area contributed by atoms with Gasteiger partial charge in [0.15, 0.2) is 0 Å². The van der Waals surface area contributed by atoms with Crippen molar-refractivity contribution in [3.05, 3.63) is 24.3 Å². The largest absolute Gasteiger partial charge is 0.490 e. The Labute approximate surface area is 110 Å². The molecule has 1 heterocycles. The van der Waals surface area contributed by atoms with Crippen LogP contribution in [0.5, 0.6) is 5.75 Å². The summed E-state index contributed by atoms with van der Waals surface area (Å²) < 4.78 is 5.74. The highest BCUT2D eigenvalue weighted by Crippen LogP contribution is 2.22. The molecule has 0 spiro atoms. The Morgan fingerprint density at radius 2 is 1.89 bits per heavy atom. The van der Waals surface area contributed by atoms with Gasteiger partial charge in [-0.05, 0) is 30.4 Å². The second kappa shape index (κ2) is 6.10. The van der Waals surface area contributed by atoms with E-state index in [2.05, 4.69) is 18.7 Å². The molecule has 2 rings (SSSR count). The molecule has 18 heavy (non-hydrogen) atoms. The molecule has 1 aliphatic heterocycles. The minimum Gasteiger partial charge on any atom is -0.490 e. The molecule has 0 bridgehead atoms. The quantitative estimate of drug-likeness (QED) is 0.832.